The summed E-state index contributed by atoms with van der Waals surface area (Å²) in [7, 11) is 1.87. The highest BCUT2D eigenvalue weighted by molar-refractivity contribution is 5.97. The Morgan fingerprint density at radius 3 is 2.52 bits per heavy atom. The van der Waals surface area contributed by atoms with Gasteiger partial charge in [-0.25, -0.2) is 0 Å². The fourth-order valence-corrected chi connectivity index (χ4v) is 5.78. The summed E-state index contributed by atoms with van der Waals surface area (Å²) in [6.45, 7) is 8.01. The maximum atomic E-state index is 12.9. The minimum atomic E-state index is -0.0970. The molecule has 138 valence electrons. The highest BCUT2D eigenvalue weighted by atomic mass is 16.2. The lowest BCUT2D eigenvalue weighted by Crippen LogP contribution is -2.39. The Morgan fingerprint density at radius 1 is 1.20 bits per heavy atom. The van der Waals surface area contributed by atoms with Crippen molar-refractivity contribution in [2.75, 3.05) is 13.6 Å². The summed E-state index contributed by atoms with van der Waals surface area (Å²) >= 11 is 0. The molecular formula is C21H33N3O. The van der Waals surface area contributed by atoms with Crippen molar-refractivity contribution in [1.82, 2.24) is 9.80 Å². The van der Waals surface area contributed by atoms with Gasteiger partial charge in [0.05, 0.1) is 0 Å². The first-order chi connectivity index (χ1) is 11.7. The van der Waals surface area contributed by atoms with Crippen molar-refractivity contribution in [2.24, 2.45) is 10.8 Å². The first-order valence-corrected chi connectivity index (χ1v) is 9.88. The van der Waals surface area contributed by atoms with Crippen LogP contribution in [0, 0.1) is 22.2 Å². The van der Waals surface area contributed by atoms with Gasteiger partial charge in [-0.15, -0.1) is 0 Å². The number of likely N-dealkylation sites (N-methyl/N-ethyl adjacent to an activating group) is 1. The van der Waals surface area contributed by atoms with E-state index in [-0.39, 0.29) is 5.91 Å². The summed E-state index contributed by atoms with van der Waals surface area (Å²) in [6, 6.07) is 2.95. The number of hydrogen-bond donors (Lipinski definition) is 0. The molecule has 2 saturated carbocycles. The summed E-state index contributed by atoms with van der Waals surface area (Å²) in [5, 5.41) is 9.62. The van der Waals surface area contributed by atoms with E-state index in [9.17, 15) is 10.1 Å². The van der Waals surface area contributed by atoms with Crippen LogP contribution >= 0.6 is 0 Å². The highest BCUT2D eigenvalue weighted by Gasteiger charge is 2.49. The van der Waals surface area contributed by atoms with Crippen LogP contribution in [0.3, 0.4) is 0 Å². The van der Waals surface area contributed by atoms with Gasteiger partial charge in [-0.2, -0.15) is 5.26 Å². The molecule has 4 nitrogen and oxygen atoms in total. The highest BCUT2D eigenvalue weighted by Crippen LogP contribution is 2.52. The van der Waals surface area contributed by atoms with E-state index in [1.54, 1.807) is 0 Å². The van der Waals surface area contributed by atoms with Crippen LogP contribution in [0.1, 0.15) is 72.1 Å². The zero-order valence-corrected chi connectivity index (χ0v) is 16.3. The van der Waals surface area contributed by atoms with Crippen LogP contribution in [0.25, 0.3) is 0 Å². The number of nitrogens with zero attached hydrogens (tertiary/aromatic N) is 3. The summed E-state index contributed by atoms with van der Waals surface area (Å²) < 4.78 is 0. The monoisotopic (exact) mass is 343 g/mol. The van der Waals surface area contributed by atoms with Crippen molar-refractivity contribution < 1.29 is 4.79 Å². The number of carbonyl (C=O) groups excluding carboxylic acids is 1. The lowest BCUT2D eigenvalue weighted by Gasteiger charge is -2.39. The number of fused-ring (bicyclic) bond motifs is 2. The van der Waals surface area contributed by atoms with E-state index in [1.165, 1.54) is 32.1 Å². The topological polar surface area (TPSA) is 47.3 Å². The van der Waals surface area contributed by atoms with E-state index in [0.29, 0.717) is 28.5 Å². The molecule has 0 aromatic heterocycles. The molecule has 3 aliphatic rings. The number of nitriles is 1. The van der Waals surface area contributed by atoms with Crippen molar-refractivity contribution in [2.45, 2.75) is 84.2 Å². The molecule has 2 bridgehead atoms. The first kappa shape index (κ1) is 18.3. The quantitative estimate of drug-likeness (QED) is 0.573. The van der Waals surface area contributed by atoms with Gasteiger partial charge in [0.2, 0.25) is 0 Å². The van der Waals surface area contributed by atoms with E-state index < -0.39 is 0 Å². The van der Waals surface area contributed by atoms with E-state index in [1.807, 2.05) is 18.1 Å². The lowest BCUT2D eigenvalue weighted by atomic mass is 9.65. The van der Waals surface area contributed by atoms with Gasteiger partial charge in [0, 0.05) is 31.9 Å². The number of rotatable bonds is 3. The summed E-state index contributed by atoms with van der Waals surface area (Å²) in [5.74, 6) is -0.0970. The SMILES string of the molecule is CN(C(=O)/C(C#N)=C\N1CC2(C)CC1CC(C)(C)C2)C1CCCCC1. The number of amides is 1. The van der Waals surface area contributed by atoms with Crippen LogP contribution in [-0.4, -0.2) is 41.4 Å². The summed E-state index contributed by atoms with van der Waals surface area (Å²) in [6.07, 6.45) is 11.2. The minimum Gasteiger partial charge on any atom is -0.373 e. The van der Waals surface area contributed by atoms with Crippen LogP contribution < -0.4 is 0 Å². The predicted octanol–water partition coefficient (Wildman–Crippen LogP) is 4.09. The van der Waals surface area contributed by atoms with Gasteiger partial charge in [0.1, 0.15) is 11.6 Å². The van der Waals surface area contributed by atoms with Crippen LogP contribution in [0.15, 0.2) is 11.8 Å². The normalized spacial score (nSPS) is 32.4. The fourth-order valence-electron chi connectivity index (χ4n) is 5.78. The maximum Gasteiger partial charge on any atom is 0.265 e. The molecule has 1 heterocycles. The third kappa shape index (κ3) is 3.86. The van der Waals surface area contributed by atoms with E-state index in [0.717, 1.165) is 25.8 Å². The third-order valence-electron chi connectivity index (χ3n) is 6.54. The summed E-state index contributed by atoms with van der Waals surface area (Å²) in [5.41, 5.74) is 0.958. The smallest absolute Gasteiger partial charge is 0.265 e. The average molecular weight is 344 g/mol. The van der Waals surface area contributed by atoms with Crippen LogP contribution in [0.2, 0.25) is 0 Å². The molecule has 4 heteroatoms. The molecule has 1 saturated heterocycles. The zero-order valence-electron chi connectivity index (χ0n) is 16.3. The van der Waals surface area contributed by atoms with Gasteiger partial charge in [0.25, 0.3) is 5.91 Å². The number of hydrogen-bond acceptors (Lipinski definition) is 3. The first-order valence-electron chi connectivity index (χ1n) is 9.88. The third-order valence-corrected chi connectivity index (χ3v) is 6.54. The molecule has 1 aliphatic heterocycles. The van der Waals surface area contributed by atoms with Gasteiger partial charge < -0.3 is 9.80 Å². The fraction of sp³-hybridized carbons (Fsp3) is 0.810. The standard InChI is InChI=1S/C21H33N3O/c1-20(2)10-18-11-21(3,14-20)15-24(18)13-16(12-22)19(25)23(4)17-8-6-5-7-9-17/h13,17-18H,5-11,14-15H2,1-4H3/b16-13-. The molecule has 3 fully saturated rings. The molecule has 0 aromatic carbocycles. The molecule has 2 atom stereocenters. The molecule has 0 aromatic rings. The predicted molar refractivity (Wildman–Crippen MR) is 99.6 cm³/mol. The summed E-state index contributed by atoms with van der Waals surface area (Å²) in [4.78, 5) is 17.0. The molecular weight excluding hydrogens is 310 g/mol. The number of carbonyl (C=O) groups is 1. The molecule has 0 spiro atoms. The molecule has 3 rings (SSSR count). The van der Waals surface area contributed by atoms with Crippen LogP contribution in [0.4, 0.5) is 0 Å². The van der Waals surface area contributed by atoms with E-state index >= 15 is 0 Å². The van der Waals surface area contributed by atoms with Gasteiger partial charge in [-0.05, 0) is 42.9 Å². The van der Waals surface area contributed by atoms with Crippen LogP contribution in [-0.2, 0) is 4.79 Å². The van der Waals surface area contributed by atoms with Crippen molar-refractivity contribution >= 4 is 5.91 Å². The minimum absolute atomic E-state index is 0.0970. The Balaban J connectivity index is 1.74. The maximum absolute atomic E-state index is 12.9. The van der Waals surface area contributed by atoms with Crippen LogP contribution in [0.5, 0.6) is 0 Å². The van der Waals surface area contributed by atoms with Gasteiger partial charge in [-0.1, -0.05) is 40.0 Å². The Morgan fingerprint density at radius 2 is 1.88 bits per heavy atom. The second kappa shape index (κ2) is 6.67. The lowest BCUT2D eigenvalue weighted by molar-refractivity contribution is -0.128. The van der Waals surface area contributed by atoms with Gasteiger partial charge >= 0.3 is 0 Å². The largest absolute Gasteiger partial charge is 0.373 e. The number of likely N-dealkylation sites (tertiary alicyclic amines) is 1. The Kier molecular flexibility index (Phi) is 4.88. The molecule has 2 aliphatic carbocycles. The van der Waals surface area contributed by atoms with Crippen molar-refractivity contribution in [3.8, 4) is 6.07 Å². The zero-order chi connectivity index (χ0) is 18.2. The Labute approximate surface area is 152 Å². The molecule has 1 amide bonds. The molecule has 0 N–H and O–H groups in total. The van der Waals surface area contributed by atoms with Gasteiger partial charge in [-0.3, -0.25) is 4.79 Å². The molecule has 25 heavy (non-hydrogen) atoms. The van der Waals surface area contributed by atoms with Gasteiger partial charge in [0.15, 0.2) is 0 Å². The van der Waals surface area contributed by atoms with Crippen molar-refractivity contribution in [3.63, 3.8) is 0 Å². The van der Waals surface area contributed by atoms with E-state index in [4.69, 9.17) is 0 Å². The van der Waals surface area contributed by atoms with E-state index in [2.05, 4.69) is 31.7 Å². The molecule has 2 unspecified atom stereocenters. The second-order valence-corrected chi connectivity index (χ2v) is 9.75. The Bertz CT molecular complexity index is 597. The average Bonchev–Trinajstić information content (AvgIpc) is 2.80. The Hall–Kier alpha value is -1.50. The second-order valence-electron chi connectivity index (χ2n) is 9.75. The molecule has 0 radical (unpaired) electrons. The van der Waals surface area contributed by atoms with Crippen molar-refractivity contribution in [1.29, 1.82) is 5.26 Å². The van der Waals surface area contributed by atoms with Crippen molar-refractivity contribution in [3.05, 3.63) is 11.8 Å².